The van der Waals surface area contributed by atoms with Crippen molar-refractivity contribution < 1.29 is 17.9 Å². The highest BCUT2D eigenvalue weighted by atomic mass is 32.2. The summed E-state index contributed by atoms with van der Waals surface area (Å²) in [5.41, 5.74) is 2.01. The van der Waals surface area contributed by atoms with Gasteiger partial charge < -0.3 is 9.47 Å². The summed E-state index contributed by atoms with van der Waals surface area (Å²) in [4.78, 5) is 5.44. The Morgan fingerprint density at radius 2 is 1.96 bits per heavy atom. The quantitative estimate of drug-likeness (QED) is 0.517. The van der Waals surface area contributed by atoms with Gasteiger partial charge in [-0.15, -0.1) is 11.3 Å². The molecule has 0 aliphatic carbocycles. The standard InChI is InChI=1S/C19H17N3O4S2/c1-25-15-6-7-17(26-2)18(11-15)28(23,24)21-14-5-3-4-13(10-14)16-12-22-8-9-27-19(22)20-16/h3-12,21H,1-2H3. The molecule has 0 spiro atoms. The van der Waals surface area contributed by atoms with Gasteiger partial charge in [-0.2, -0.15) is 0 Å². The molecule has 144 valence electrons. The minimum absolute atomic E-state index is 0.00209. The number of anilines is 1. The van der Waals surface area contributed by atoms with Gasteiger partial charge in [0.15, 0.2) is 4.96 Å². The van der Waals surface area contributed by atoms with Crippen LogP contribution < -0.4 is 14.2 Å². The predicted molar refractivity (Wildman–Crippen MR) is 109 cm³/mol. The van der Waals surface area contributed by atoms with Crippen molar-refractivity contribution in [2.75, 3.05) is 18.9 Å². The van der Waals surface area contributed by atoms with Crippen LogP contribution in [0.15, 0.2) is 65.1 Å². The van der Waals surface area contributed by atoms with E-state index < -0.39 is 10.0 Å². The summed E-state index contributed by atoms with van der Waals surface area (Å²) < 4.78 is 40.7. The molecular formula is C19H17N3O4S2. The zero-order valence-corrected chi connectivity index (χ0v) is 16.8. The van der Waals surface area contributed by atoms with E-state index in [9.17, 15) is 8.42 Å². The molecule has 4 aromatic rings. The van der Waals surface area contributed by atoms with Crippen molar-refractivity contribution >= 4 is 32.0 Å². The van der Waals surface area contributed by atoms with E-state index in [1.54, 1.807) is 30.3 Å². The lowest BCUT2D eigenvalue weighted by atomic mass is 10.1. The lowest BCUT2D eigenvalue weighted by Gasteiger charge is -2.13. The van der Waals surface area contributed by atoms with Crippen molar-refractivity contribution in [2.24, 2.45) is 0 Å². The molecule has 2 aromatic carbocycles. The summed E-state index contributed by atoms with van der Waals surface area (Å²) in [6.45, 7) is 0. The van der Waals surface area contributed by atoms with Gasteiger partial charge in [-0.1, -0.05) is 12.1 Å². The third-order valence-corrected chi connectivity index (χ3v) is 6.34. The number of ether oxygens (including phenoxy) is 2. The molecule has 0 amide bonds. The van der Waals surface area contributed by atoms with Crippen LogP contribution in [0.25, 0.3) is 16.2 Å². The number of thiazole rings is 1. The topological polar surface area (TPSA) is 81.9 Å². The monoisotopic (exact) mass is 415 g/mol. The molecule has 0 saturated heterocycles. The molecule has 7 nitrogen and oxygen atoms in total. The van der Waals surface area contributed by atoms with Crippen LogP contribution in [0.1, 0.15) is 0 Å². The van der Waals surface area contributed by atoms with Crippen LogP contribution >= 0.6 is 11.3 Å². The van der Waals surface area contributed by atoms with Crippen LogP contribution in [0.2, 0.25) is 0 Å². The number of benzene rings is 2. The van der Waals surface area contributed by atoms with Crippen LogP contribution in [-0.2, 0) is 10.0 Å². The Labute approximate surface area is 166 Å². The van der Waals surface area contributed by atoms with Gasteiger partial charge in [-0.05, 0) is 24.3 Å². The van der Waals surface area contributed by atoms with Gasteiger partial charge in [-0.3, -0.25) is 9.12 Å². The number of rotatable bonds is 6. The summed E-state index contributed by atoms with van der Waals surface area (Å²) in [5, 5.41) is 1.96. The second kappa shape index (κ2) is 7.17. The summed E-state index contributed by atoms with van der Waals surface area (Å²) in [6, 6.07) is 11.7. The third-order valence-electron chi connectivity index (χ3n) is 4.16. The molecule has 0 aliphatic rings. The van der Waals surface area contributed by atoms with E-state index in [1.807, 2.05) is 28.2 Å². The maximum Gasteiger partial charge on any atom is 0.265 e. The average molecular weight is 415 g/mol. The van der Waals surface area contributed by atoms with E-state index in [0.717, 1.165) is 16.2 Å². The summed E-state index contributed by atoms with van der Waals surface area (Å²) in [7, 11) is -0.981. The number of sulfonamides is 1. The minimum Gasteiger partial charge on any atom is -0.497 e. The molecule has 0 atom stereocenters. The molecule has 0 fully saturated rings. The molecule has 4 rings (SSSR count). The first kappa shape index (κ1) is 18.3. The maximum atomic E-state index is 12.9. The summed E-state index contributed by atoms with van der Waals surface area (Å²) >= 11 is 1.54. The highest BCUT2D eigenvalue weighted by molar-refractivity contribution is 7.92. The number of imidazole rings is 1. The van der Waals surface area contributed by atoms with Gasteiger partial charge in [0.25, 0.3) is 10.0 Å². The van der Waals surface area contributed by atoms with Gasteiger partial charge in [0, 0.05) is 35.1 Å². The lowest BCUT2D eigenvalue weighted by molar-refractivity contribution is 0.392. The largest absolute Gasteiger partial charge is 0.497 e. The number of methoxy groups -OCH3 is 2. The normalized spacial score (nSPS) is 11.5. The van der Waals surface area contributed by atoms with E-state index >= 15 is 0 Å². The molecule has 0 aliphatic heterocycles. The first-order chi connectivity index (χ1) is 13.5. The number of hydrogen-bond donors (Lipinski definition) is 1. The molecule has 9 heteroatoms. The summed E-state index contributed by atoms with van der Waals surface area (Å²) in [5.74, 6) is 0.659. The van der Waals surface area contributed by atoms with Crippen molar-refractivity contribution in [3.63, 3.8) is 0 Å². The highest BCUT2D eigenvalue weighted by Gasteiger charge is 2.21. The van der Waals surface area contributed by atoms with Crippen LogP contribution in [0.3, 0.4) is 0 Å². The molecular weight excluding hydrogens is 398 g/mol. The lowest BCUT2D eigenvalue weighted by Crippen LogP contribution is -2.14. The summed E-state index contributed by atoms with van der Waals surface area (Å²) in [6.07, 6.45) is 3.84. The maximum absolute atomic E-state index is 12.9. The molecule has 2 aromatic heterocycles. The van der Waals surface area contributed by atoms with E-state index in [-0.39, 0.29) is 10.6 Å². The molecule has 2 heterocycles. The SMILES string of the molecule is COc1ccc(OC)c(S(=O)(=O)Nc2cccc(-c3cn4ccsc4n3)c2)c1. The predicted octanol–water partition coefficient (Wildman–Crippen LogP) is 3.88. The third kappa shape index (κ3) is 3.41. The van der Waals surface area contributed by atoms with Gasteiger partial charge in [0.2, 0.25) is 0 Å². The van der Waals surface area contributed by atoms with Crippen LogP contribution in [0.4, 0.5) is 5.69 Å². The Bertz CT molecular complexity index is 1220. The van der Waals surface area contributed by atoms with Crippen molar-refractivity contribution in [3.8, 4) is 22.8 Å². The number of nitrogens with one attached hydrogen (secondary N) is 1. The molecule has 0 unspecified atom stereocenters. The van der Waals surface area contributed by atoms with Crippen molar-refractivity contribution in [1.29, 1.82) is 0 Å². The Morgan fingerprint density at radius 1 is 1.11 bits per heavy atom. The van der Waals surface area contributed by atoms with Gasteiger partial charge in [0.05, 0.1) is 19.9 Å². The molecule has 0 bridgehead atoms. The van der Waals surface area contributed by atoms with Crippen LogP contribution in [-0.4, -0.2) is 32.0 Å². The smallest absolute Gasteiger partial charge is 0.265 e. The van der Waals surface area contributed by atoms with Gasteiger partial charge in [0.1, 0.15) is 16.4 Å². The Kier molecular flexibility index (Phi) is 4.70. The fourth-order valence-electron chi connectivity index (χ4n) is 2.81. The number of fused-ring (bicyclic) bond motifs is 1. The van der Waals surface area contributed by atoms with E-state index in [2.05, 4.69) is 9.71 Å². The second-order valence-corrected chi connectivity index (χ2v) is 8.45. The van der Waals surface area contributed by atoms with Crippen LogP contribution in [0.5, 0.6) is 11.5 Å². The van der Waals surface area contributed by atoms with Crippen molar-refractivity contribution in [2.45, 2.75) is 4.90 Å². The molecule has 28 heavy (non-hydrogen) atoms. The zero-order chi connectivity index (χ0) is 19.7. The van der Waals surface area contributed by atoms with Gasteiger partial charge in [-0.25, -0.2) is 13.4 Å². The van der Waals surface area contributed by atoms with Crippen LogP contribution in [0, 0.1) is 0 Å². The fraction of sp³-hybridized carbons (Fsp3) is 0.105. The minimum atomic E-state index is -3.88. The molecule has 0 saturated carbocycles. The first-order valence-electron chi connectivity index (χ1n) is 8.27. The average Bonchev–Trinajstić information content (AvgIpc) is 3.29. The van der Waals surface area contributed by atoms with E-state index in [1.165, 1.54) is 31.6 Å². The number of aromatic nitrogens is 2. The van der Waals surface area contributed by atoms with E-state index in [0.29, 0.717) is 11.4 Å². The Balaban J connectivity index is 1.68. The zero-order valence-electron chi connectivity index (χ0n) is 15.1. The van der Waals surface area contributed by atoms with Gasteiger partial charge >= 0.3 is 0 Å². The van der Waals surface area contributed by atoms with E-state index in [4.69, 9.17) is 9.47 Å². The first-order valence-corrected chi connectivity index (χ1v) is 10.6. The molecule has 1 N–H and O–H groups in total. The number of nitrogens with zero attached hydrogens (tertiary/aromatic N) is 2. The second-order valence-electron chi connectivity index (χ2n) is 5.92. The molecule has 0 radical (unpaired) electrons. The number of hydrogen-bond acceptors (Lipinski definition) is 6. The highest BCUT2D eigenvalue weighted by Crippen LogP contribution is 2.31. The Morgan fingerprint density at radius 3 is 2.71 bits per heavy atom. The van der Waals surface area contributed by atoms with Crippen molar-refractivity contribution in [1.82, 2.24) is 9.38 Å². The van der Waals surface area contributed by atoms with Crippen molar-refractivity contribution in [3.05, 3.63) is 60.2 Å². The fourth-order valence-corrected chi connectivity index (χ4v) is 4.75. The Hall–Kier alpha value is -3.04.